The van der Waals surface area contributed by atoms with Crippen molar-refractivity contribution < 1.29 is 0 Å². The molecule has 11 heavy (non-hydrogen) atoms. The molecular weight excluding hydrogens is 243 g/mol. The summed E-state index contributed by atoms with van der Waals surface area (Å²) in [6, 6.07) is 0. The fourth-order valence-electron chi connectivity index (χ4n) is 0.734. The molecule has 0 rings (SSSR count). The Morgan fingerprint density at radius 1 is 1.64 bits per heavy atom. The molecule has 1 unspecified atom stereocenters. The Bertz CT molecular complexity index is 199. The molecule has 0 saturated carbocycles. The molecule has 1 atom stereocenters. The van der Waals surface area contributed by atoms with E-state index in [-0.39, 0.29) is 0 Å². The van der Waals surface area contributed by atoms with Crippen LogP contribution in [0.5, 0.6) is 0 Å². The van der Waals surface area contributed by atoms with Crippen molar-refractivity contribution in [3.05, 3.63) is 0 Å². The average molecular weight is 257 g/mol. The van der Waals surface area contributed by atoms with E-state index in [1.54, 1.807) is 0 Å². The summed E-state index contributed by atoms with van der Waals surface area (Å²) >= 11 is 9.30. The molecule has 0 aromatic carbocycles. The summed E-state index contributed by atoms with van der Waals surface area (Å²) in [5, 5.41) is -1.51. The van der Waals surface area contributed by atoms with Crippen LogP contribution < -0.4 is 0 Å². The molecular formula is C7H13ClNPSe. The molecule has 0 radical (unpaired) electrons. The van der Waals surface area contributed by atoms with Crippen LogP contribution in [0.25, 0.3) is 0 Å². The standard InChI is InChI=1S/C7H13ClNPSe/c1-4-7-9(5-2)10(8,11)6-3/h1H,5-7H2,2-3H3. The quantitative estimate of drug-likeness (QED) is 0.423. The van der Waals surface area contributed by atoms with E-state index in [1.807, 2.05) is 0 Å². The first kappa shape index (κ1) is 11.8. The molecule has 0 aliphatic carbocycles. The van der Waals surface area contributed by atoms with E-state index in [9.17, 15) is 0 Å². The third-order valence-corrected chi connectivity index (χ3v) is 7.94. The van der Waals surface area contributed by atoms with Gasteiger partial charge in [-0.15, -0.1) is 0 Å². The van der Waals surface area contributed by atoms with Crippen molar-refractivity contribution in [1.82, 2.24) is 4.67 Å². The summed E-state index contributed by atoms with van der Waals surface area (Å²) < 4.78 is 2.13. The maximum absolute atomic E-state index is 6.25. The van der Waals surface area contributed by atoms with Crippen molar-refractivity contribution in [3.8, 4) is 12.3 Å². The van der Waals surface area contributed by atoms with Crippen molar-refractivity contribution in [2.24, 2.45) is 0 Å². The second kappa shape index (κ2) is 5.41. The zero-order chi connectivity index (χ0) is 8.91. The van der Waals surface area contributed by atoms with Gasteiger partial charge < -0.3 is 0 Å². The van der Waals surface area contributed by atoms with E-state index in [0.717, 1.165) is 12.7 Å². The minimum atomic E-state index is -1.51. The molecule has 0 aromatic heterocycles. The Morgan fingerprint density at radius 3 is 2.45 bits per heavy atom. The van der Waals surface area contributed by atoms with Gasteiger partial charge in [-0.3, -0.25) is 0 Å². The molecule has 0 aliphatic rings. The predicted molar refractivity (Wildman–Crippen MR) is 55.1 cm³/mol. The molecule has 0 bridgehead atoms. The van der Waals surface area contributed by atoms with E-state index in [0.29, 0.717) is 6.54 Å². The summed E-state index contributed by atoms with van der Waals surface area (Å²) in [7, 11) is 0. The minimum absolute atomic E-state index is 0.647. The Kier molecular flexibility index (Phi) is 5.79. The molecule has 0 aromatic rings. The van der Waals surface area contributed by atoms with Gasteiger partial charge in [0.1, 0.15) is 0 Å². The van der Waals surface area contributed by atoms with Crippen molar-refractivity contribution in [1.29, 1.82) is 0 Å². The van der Waals surface area contributed by atoms with Gasteiger partial charge in [0.05, 0.1) is 0 Å². The number of nitrogens with zero attached hydrogens (tertiary/aromatic N) is 1. The van der Waals surface area contributed by atoms with Gasteiger partial charge in [0.2, 0.25) is 0 Å². The summed E-state index contributed by atoms with van der Waals surface area (Å²) in [4.78, 5) is 0. The fourth-order valence-corrected chi connectivity index (χ4v) is 3.42. The van der Waals surface area contributed by atoms with Crippen LogP contribution in [-0.4, -0.2) is 39.0 Å². The predicted octanol–water partition coefficient (Wildman–Crippen LogP) is 2.13. The molecule has 64 valence electrons. The van der Waals surface area contributed by atoms with E-state index < -0.39 is 5.01 Å². The van der Waals surface area contributed by atoms with Crippen molar-refractivity contribution in [2.75, 3.05) is 19.3 Å². The molecule has 4 heteroatoms. The maximum atomic E-state index is 6.25. The monoisotopic (exact) mass is 257 g/mol. The summed E-state index contributed by atoms with van der Waals surface area (Å²) in [6.45, 7) is 5.72. The van der Waals surface area contributed by atoms with Gasteiger partial charge >= 0.3 is 81.5 Å². The molecule has 0 spiro atoms. The first-order valence-corrected chi connectivity index (χ1v) is 8.60. The number of terminal acetylenes is 1. The molecule has 0 amide bonds. The second-order valence-electron chi connectivity index (χ2n) is 2.12. The fraction of sp³-hybridized carbons (Fsp3) is 0.714. The van der Waals surface area contributed by atoms with Crippen molar-refractivity contribution in [2.45, 2.75) is 13.8 Å². The number of hydrogen-bond donors (Lipinski definition) is 0. The number of hydrogen-bond acceptors (Lipinski definition) is 1. The average Bonchev–Trinajstić information content (AvgIpc) is 2.00. The van der Waals surface area contributed by atoms with Gasteiger partial charge in [0.25, 0.3) is 0 Å². The third kappa shape index (κ3) is 3.79. The topological polar surface area (TPSA) is 3.24 Å². The first-order valence-electron chi connectivity index (χ1n) is 3.56. The van der Waals surface area contributed by atoms with Crippen LogP contribution in [0.3, 0.4) is 0 Å². The van der Waals surface area contributed by atoms with E-state index in [2.05, 4.69) is 39.5 Å². The van der Waals surface area contributed by atoms with Crippen molar-refractivity contribution >= 4 is 31.4 Å². The zero-order valence-electron chi connectivity index (χ0n) is 6.88. The van der Waals surface area contributed by atoms with Gasteiger partial charge in [-0.2, -0.15) is 0 Å². The van der Waals surface area contributed by atoms with Crippen LogP contribution in [0.1, 0.15) is 13.8 Å². The summed E-state index contributed by atoms with van der Waals surface area (Å²) in [6.07, 6.45) is 6.17. The molecule has 1 nitrogen and oxygen atoms in total. The third-order valence-electron chi connectivity index (χ3n) is 1.45. The van der Waals surface area contributed by atoms with Gasteiger partial charge in [0.15, 0.2) is 0 Å². The van der Waals surface area contributed by atoms with E-state index in [1.165, 1.54) is 0 Å². The Labute approximate surface area is 81.6 Å². The zero-order valence-corrected chi connectivity index (χ0v) is 10.2. The summed E-state index contributed by atoms with van der Waals surface area (Å²) in [5.41, 5.74) is 0. The van der Waals surface area contributed by atoms with Crippen molar-refractivity contribution in [3.63, 3.8) is 0 Å². The SMILES string of the molecule is C#CCN(CC)P(Cl)(=[Se])CC. The van der Waals surface area contributed by atoms with Crippen LogP contribution >= 0.6 is 16.3 Å². The number of halogens is 1. The normalized spacial score (nSPS) is 15.9. The van der Waals surface area contributed by atoms with Crippen LogP contribution in [0.2, 0.25) is 0 Å². The summed E-state index contributed by atoms with van der Waals surface area (Å²) in [5.74, 6) is 2.61. The molecule has 0 heterocycles. The Hall–Kier alpha value is 0.759. The Balaban J connectivity index is 4.26. The van der Waals surface area contributed by atoms with E-state index >= 15 is 0 Å². The second-order valence-corrected chi connectivity index (χ2v) is 11.4. The van der Waals surface area contributed by atoms with Gasteiger partial charge in [-0.25, -0.2) is 0 Å². The van der Waals surface area contributed by atoms with Crippen LogP contribution in [0.4, 0.5) is 0 Å². The van der Waals surface area contributed by atoms with Gasteiger partial charge in [-0.05, 0) is 0 Å². The van der Waals surface area contributed by atoms with Gasteiger partial charge in [0, 0.05) is 0 Å². The molecule has 0 N–H and O–H groups in total. The molecule has 0 aliphatic heterocycles. The number of rotatable bonds is 4. The van der Waals surface area contributed by atoms with Crippen LogP contribution in [-0.2, 0) is 0 Å². The van der Waals surface area contributed by atoms with E-state index in [4.69, 9.17) is 17.7 Å². The first-order chi connectivity index (χ1) is 5.08. The van der Waals surface area contributed by atoms with Gasteiger partial charge in [-0.1, -0.05) is 0 Å². The Morgan fingerprint density at radius 2 is 2.18 bits per heavy atom. The van der Waals surface area contributed by atoms with Crippen LogP contribution in [0.15, 0.2) is 0 Å². The van der Waals surface area contributed by atoms with Crippen LogP contribution in [0, 0.1) is 12.3 Å². The molecule has 0 fully saturated rings. The molecule has 0 saturated heterocycles.